The van der Waals surface area contributed by atoms with Crippen LogP contribution in [-0.4, -0.2) is 64.3 Å². The van der Waals surface area contributed by atoms with Crippen LogP contribution in [0.15, 0.2) is 47.5 Å². The molecule has 1 heterocycles. The molecule has 2 rings (SSSR count). The topological polar surface area (TPSA) is 112 Å². The summed E-state index contributed by atoms with van der Waals surface area (Å²) >= 11 is 0. The molecular formula is C19H25N5O4S. The number of amides is 2. The summed E-state index contributed by atoms with van der Waals surface area (Å²) in [4.78, 5) is 30.4. The quantitative estimate of drug-likeness (QED) is 0.642. The zero-order valence-electron chi connectivity index (χ0n) is 16.8. The zero-order valence-corrected chi connectivity index (χ0v) is 17.7. The van der Waals surface area contributed by atoms with Crippen molar-refractivity contribution in [3.05, 3.63) is 53.7 Å². The molecule has 1 aromatic heterocycles. The van der Waals surface area contributed by atoms with E-state index in [4.69, 9.17) is 0 Å². The van der Waals surface area contributed by atoms with Crippen molar-refractivity contribution >= 4 is 27.7 Å². The van der Waals surface area contributed by atoms with Crippen LogP contribution in [0, 0.1) is 0 Å². The van der Waals surface area contributed by atoms with Crippen molar-refractivity contribution in [3.8, 4) is 0 Å². The third-order valence-corrected chi connectivity index (χ3v) is 5.85. The predicted molar refractivity (Wildman–Crippen MR) is 110 cm³/mol. The van der Waals surface area contributed by atoms with Gasteiger partial charge in [-0.1, -0.05) is 12.1 Å². The molecule has 2 amide bonds. The summed E-state index contributed by atoms with van der Waals surface area (Å²) in [7, 11) is 2.95. The Morgan fingerprint density at radius 1 is 1.03 bits per heavy atom. The minimum atomic E-state index is -3.65. The standard InChI is InChI=1S/C19H25N5O4S/c1-23(2)17-9-8-14(11-20-17)12-21-18(25)13-22-19(26)15-6-5-7-16(10-15)29(27,28)24(3)4/h5-11H,12-13H2,1-4H3,(H,21,25)(H,22,26). The first-order chi connectivity index (χ1) is 13.6. The molecule has 0 aliphatic heterocycles. The van der Waals surface area contributed by atoms with Crippen LogP contribution in [0.1, 0.15) is 15.9 Å². The molecule has 1 aromatic carbocycles. The molecule has 0 radical (unpaired) electrons. The summed E-state index contributed by atoms with van der Waals surface area (Å²) < 4.78 is 25.4. The number of anilines is 1. The molecule has 0 unspecified atom stereocenters. The maximum Gasteiger partial charge on any atom is 0.251 e. The highest BCUT2D eigenvalue weighted by Gasteiger charge is 2.18. The van der Waals surface area contributed by atoms with E-state index in [1.807, 2.05) is 31.1 Å². The summed E-state index contributed by atoms with van der Waals surface area (Å²) in [5.41, 5.74) is 0.987. The molecule has 0 fully saturated rings. The average Bonchev–Trinajstić information content (AvgIpc) is 2.70. The largest absolute Gasteiger partial charge is 0.363 e. The van der Waals surface area contributed by atoms with Crippen molar-refractivity contribution in [2.75, 3.05) is 39.6 Å². The second kappa shape index (κ2) is 9.48. The van der Waals surface area contributed by atoms with Crippen LogP contribution in [0.25, 0.3) is 0 Å². The van der Waals surface area contributed by atoms with Gasteiger partial charge in [-0.3, -0.25) is 9.59 Å². The maximum atomic E-state index is 12.3. The van der Waals surface area contributed by atoms with Gasteiger partial charge in [0.25, 0.3) is 5.91 Å². The van der Waals surface area contributed by atoms with E-state index in [1.54, 1.807) is 6.20 Å². The van der Waals surface area contributed by atoms with Gasteiger partial charge in [-0.05, 0) is 29.8 Å². The highest BCUT2D eigenvalue weighted by Crippen LogP contribution is 2.14. The fraction of sp³-hybridized carbons (Fsp3) is 0.316. The highest BCUT2D eigenvalue weighted by atomic mass is 32.2. The summed E-state index contributed by atoms with van der Waals surface area (Å²) in [5, 5.41) is 5.18. The van der Waals surface area contributed by atoms with E-state index in [9.17, 15) is 18.0 Å². The molecular weight excluding hydrogens is 394 g/mol. The van der Waals surface area contributed by atoms with Crippen molar-refractivity contribution in [3.63, 3.8) is 0 Å². The first kappa shape index (κ1) is 22.3. The second-order valence-corrected chi connectivity index (χ2v) is 8.85. The van der Waals surface area contributed by atoms with Gasteiger partial charge in [0.1, 0.15) is 5.82 Å². The highest BCUT2D eigenvalue weighted by molar-refractivity contribution is 7.89. The lowest BCUT2D eigenvalue weighted by Gasteiger charge is -2.12. The van der Waals surface area contributed by atoms with E-state index in [0.29, 0.717) is 0 Å². The molecule has 0 bridgehead atoms. The SMILES string of the molecule is CN(C)c1ccc(CNC(=O)CNC(=O)c2cccc(S(=O)(=O)N(C)C)c2)cn1. The number of benzene rings is 1. The minimum absolute atomic E-state index is 0.00766. The zero-order chi connectivity index (χ0) is 21.6. The lowest BCUT2D eigenvalue weighted by Crippen LogP contribution is -2.36. The third kappa shape index (κ3) is 6.00. The van der Waals surface area contributed by atoms with E-state index < -0.39 is 15.9 Å². The van der Waals surface area contributed by atoms with Crippen molar-refractivity contribution in [2.24, 2.45) is 0 Å². The molecule has 9 nitrogen and oxygen atoms in total. The molecule has 29 heavy (non-hydrogen) atoms. The monoisotopic (exact) mass is 419 g/mol. The second-order valence-electron chi connectivity index (χ2n) is 6.69. The van der Waals surface area contributed by atoms with Gasteiger partial charge in [0.2, 0.25) is 15.9 Å². The molecule has 0 saturated carbocycles. The van der Waals surface area contributed by atoms with Crippen LogP contribution < -0.4 is 15.5 Å². The number of carbonyl (C=O) groups is 2. The number of pyridine rings is 1. The summed E-state index contributed by atoms with van der Waals surface area (Å²) in [6, 6.07) is 9.36. The average molecular weight is 420 g/mol. The Bertz CT molecular complexity index is 972. The van der Waals surface area contributed by atoms with Gasteiger partial charge >= 0.3 is 0 Å². The number of nitrogens with one attached hydrogen (secondary N) is 2. The summed E-state index contributed by atoms with van der Waals surface area (Å²) in [6.07, 6.45) is 1.67. The third-order valence-electron chi connectivity index (χ3n) is 4.04. The maximum absolute atomic E-state index is 12.3. The van der Waals surface area contributed by atoms with Crippen LogP contribution in [0.2, 0.25) is 0 Å². The lowest BCUT2D eigenvalue weighted by molar-refractivity contribution is -0.120. The van der Waals surface area contributed by atoms with E-state index in [0.717, 1.165) is 15.7 Å². The Hall–Kier alpha value is -2.98. The molecule has 0 saturated heterocycles. The molecule has 2 N–H and O–H groups in total. The van der Waals surface area contributed by atoms with Crippen LogP contribution in [0.5, 0.6) is 0 Å². The van der Waals surface area contributed by atoms with Crippen LogP contribution >= 0.6 is 0 Å². The van der Waals surface area contributed by atoms with Crippen molar-refractivity contribution in [2.45, 2.75) is 11.4 Å². The number of rotatable bonds is 8. The fourth-order valence-corrected chi connectivity index (χ4v) is 3.27. The molecule has 156 valence electrons. The number of hydrogen-bond acceptors (Lipinski definition) is 6. The Labute approximate surface area is 170 Å². The van der Waals surface area contributed by atoms with Gasteiger partial charge in [-0.2, -0.15) is 0 Å². The first-order valence-corrected chi connectivity index (χ1v) is 10.2. The lowest BCUT2D eigenvalue weighted by atomic mass is 10.2. The molecule has 0 aliphatic rings. The van der Waals surface area contributed by atoms with E-state index in [-0.39, 0.29) is 29.5 Å². The molecule has 10 heteroatoms. The van der Waals surface area contributed by atoms with Crippen LogP contribution in [-0.2, 0) is 21.4 Å². The number of hydrogen-bond donors (Lipinski definition) is 2. The molecule has 0 spiro atoms. The Morgan fingerprint density at radius 2 is 1.76 bits per heavy atom. The van der Waals surface area contributed by atoms with Crippen molar-refractivity contribution in [1.82, 2.24) is 19.9 Å². The van der Waals surface area contributed by atoms with E-state index in [1.165, 1.54) is 38.4 Å². The van der Waals surface area contributed by atoms with Gasteiger partial charge in [0.05, 0.1) is 11.4 Å². The Morgan fingerprint density at radius 3 is 2.34 bits per heavy atom. The normalized spacial score (nSPS) is 11.2. The fourth-order valence-electron chi connectivity index (χ4n) is 2.32. The Balaban J connectivity index is 1.89. The number of sulfonamides is 1. The predicted octanol–water partition coefficient (Wildman–Crippen LogP) is 0.444. The van der Waals surface area contributed by atoms with Gasteiger partial charge in [0.15, 0.2) is 0 Å². The van der Waals surface area contributed by atoms with E-state index in [2.05, 4.69) is 15.6 Å². The molecule has 0 atom stereocenters. The molecule has 0 aliphatic carbocycles. The van der Waals surface area contributed by atoms with Crippen molar-refractivity contribution in [1.29, 1.82) is 0 Å². The van der Waals surface area contributed by atoms with Crippen molar-refractivity contribution < 1.29 is 18.0 Å². The smallest absolute Gasteiger partial charge is 0.251 e. The van der Waals surface area contributed by atoms with Gasteiger partial charge in [-0.25, -0.2) is 17.7 Å². The summed E-state index contributed by atoms with van der Waals surface area (Å²) in [6.45, 7) is 0.0542. The summed E-state index contributed by atoms with van der Waals surface area (Å²) in [5.74, 6) is -0.0917. The van der Waals surface area contributed by atoms with E-state index >= 15 is 0 Å². The molecule has 2 aromatic rings. The van der Waals surface area contributed by atoms with Crippen LogP contribution in [0.3, 0.4) is 0 Å². The minimum Gasteiger partial charge on any atom is -0.363 e. The van der Waals surface area contributed by atoms with Gasteiger partial charge < -0.3 is 15.5 Å². The van der Waals surface area contributed by atoms with Crippen LogP contribution in [0.4, 0.5) is 5.82 Å². The number of nitrogens with zero attached hydrogens (tertiary/aromatic N) is 3. The van der Waals surface area contributed by atoms with Gasteiger partial charge in [-0.15, -0.1) is 0 Å². The first-order valence-electron chi connectivity index (χ1n) is 8.81. The Kier molecular flexibility index (Phi) is 7.29. The number of aromatic nitrogens is 1. The van der Waals surface area contributed by atoms with Gasteiger partial charge in [0, 0.05) is 46.5 Å². The number of carbonyl (C=O) groups excluding carboxylic acids is 2.